The van der Waals surface area contributed by atoms with Crippen LogP contribution >= 0.6 is 0 Å². The third-order valence-corrected chi connectivity index (χ3v) is 3.17. The van der Waals surface area contributed by atoms with Crippen LogP contribution in [-0.2, 0) is 9.53 Å². The molecular formula is C12H13N5O3. The maximum Gasteiger partial charge on any atom is 0.308 e. The first kappa shape index (κ1) is 12.4. The summed E-state index contributed by atoms with van der Waals surface area (Å²) in [5.74, 6) is 0.948. The summed E-state index contributed by atoms with van der Waals surface area (Å²) in [6.45, 7) is 0. The van der Waals surface area contributed by atoms with Crippen molar-refractivity contribution in [2.45, 2.75) is 12.5 Å². The Morgan fingerprint density at radius 1 is 1.45 bits per heavy atom. The van der Waals surface area contributed by atoms with Crippen LogP contribution in [0, 0.1) is 0 Å². The summed E-state index contributed by atoms with van der Waals surface area (Å²) in [5.41, 5.74) is 1.62. The zero-order valence-corrected chi connectivity index (χ0v) is 11.0. The number of methoxy groups -OCH3 is 2. The van der Waals surface area contributed by atoms with Crippen LogP contribution in [0.4, 0.5) is 5.69 Å². The van der Waals surface area contributed by atoms with Crippen molar-refractivity contribution in [2.75, 3.05) is 19.5 Å². The van der Waals surface area contributed by atoms with E-state index in [4.69, 9.17) is 9.47 Å². The number of esters is 1. The number of carbonyl (C=O) groups is 1. The van der Waals surface area contributed by atoms with E-state index in [1.54, 1.807) is 11.8 Å². The van der Waals surface area contributed by atoms with Crippen LogP contribution < -0.4 is 10.1 Å². The van der Waals surface area contributed by atoms with Gasteiger partial charge in [-0.1, -0.05) is 0 Å². The smallest absolute Gasteiger partial charge is 0.308 e. The lowest BCUT2D eigenvalue weighted by molar-refractivity contribution is -0.141. The van der Waals surface area contributed by atoms with Crippen LogP contribution in [0.25, 0.3) is 5.69 Å². The predicted molar refractivity (Wildman–Crippen MR) is 68.7 cm³/mol. The lowest BCUT2D eigenvalue weighted by Crippen LogP contribution is -2.25. The largest absolute Gasteiger partial charge is 0.497 e. The van der Waals surface area contributed by atoms with Crippen molar-refractivity contribution >= 4 is 11.7 Å². The number of nitrogens with zero attached hydrogens (tertiary/aromatic N) is 4. The van der Waals surface area contributed by atoms with Crippen molar-refractivity contribution in [3.8, 4) is 11.4 Å². The van der Waals surface area contributed by atoms with E-state index in [1.807, 2.05) is 18.2 Å². The van der Waals surface area contributed by atoms with Gasteiger partial charge in [0.2, 0.25) is 0 Å². The van der Waals surface area contributed by atoms with Gasteiger partial charge in [0.05, 0.1) is 38.1 Å². The van der Waals surface area contributed by atoms with E-state index in [2.05, 4.69) is 20.8 Å². The second kappa shape index (κ2) is 4.80. The zero-order chi connectivity index (χ0) is 14.1. The van der Waals surface area contributed by atoms with Crippen LogP contribution in [0.5, 0.6) is 5.75 Å². The Balaban J connectivity index is 2.02. The summed E-state index contributed by atoms with van der Waals surface area (Å²) in [6, 6.07) is 5.20. The minimum atomic E-state index is -0.325. The second-order valence-corrected chi connectivity index (χ2v) is 4.31. The number of carbonyl (C=O) groups excluding carboxylic acids is 1. The molecule has 1 aliphatic heterocycles. The number of tetrazole rings is 1. The summed E-state index contributed by atoms with van der Waals surface area (Å²) in [4.78, 5) is 11.5. The summed E-state index contributed by atoms with van der Waals surface area (Å²) < 4.78 is 11.5. The first-order valence-corrected chi connectivity index (χ1v) is 6.03. The molecule has 1 unspecified atom stereocenters. The molecule has 0 bridgehead atoms. The molecule has 0 aliphatic carbocycles. The maximum atomic E-state index is 11.5. The summed E-state index contributed by atoms with van der Waals surface area (Å²) in [6.07, 6.45) is 0.155. The highest BCUT2D eigenvalue weighted by atomic mass is 16.5. The first-order valence-electron chi connectivity index (χ1n) is 6.03. The van der Waals surface area contributed by atoms with Crippen molar-refractivity contribution in [1.29, 1.82) is 0 Å². The van der Waals surface area contributed by atoms with E-state index in [0.29, 0.717) is 11.6 Å². The molecule has 0 amide bonds. The third-order valence-electron chi connectivity index (χ3n) is 3.17. The van der Waals surface area contributed by atoms with Crippen LogP contribution in [-0.4, -0.2) is 40.4 Å². The molecule has 1 atom stereocenters. The topological polar surface area (TPSA) is 91.2 Å². The van der Waals surface area contributed by atoms with E-state index in [-0.39, 0.29) is 18.4 Å². The van der Waals surface area contributed by atoms with Crippen molar-refractivity contribution < 1.29 is 14.3 Å². The number of rotatable bonds is 3. The molecule has 0 saturated heterocycles. The summed E-state index contributed by atoms with van der Waals surface area (Å²) in [5, 5.41) is 14.8. The minimum Gasteiger partial charge on any atom is -0.497 e. The number of nitrogens with one attached hydrogen (secondary N) is 1. The Hall–Kier alpha value is -2.64. The summed E-state index contributed by atoms with van der Waals surface area (Å²) >= 11 is 0. The first-order chi connectivity index (χ1) is 9.72. The molecule has 8 heteroatoms. The zero-order valence-electron chi connectivity index (χ0n) is 11.0. The molecule has 0 fully saturated rings. The molecule has 8 nitrogen and oxygen atoms in total. The molecule has 104 valence electrons. The van der Waals surface area contributed by atoms with Gasteiger partial charge in [0.1, 0.15) is 5.75 Å². The Labute approximate surface area is 114 Å². The van der Waals surface area contributed by atoms with Crippen LogP contribution in [0.1, 0.15) is 18.3 Å². The Morgan fingerprint density at radius 2 is 2.30 bits per heavy atom. The highest BCUT2D eigenvalue weighted by Gasteiger charge is 2.29. The number of ether oxygens (including phenoxy) is 2. The van der Waals surface area contributed by atoms with Crippen molar-refractivity contribution in [3.63, 3.8) is 0 Å². The van der Waals surface area contributed by atoms with E-state index in [9.17, 15) is 4.79 Å². The van der Waals surface area contributed by atoms with Gasteiger partial charge in [-0.15, -0.1) is 5.10 Å². The standard InChI is InChI=1S/C12H13N5O3/c1-19-7-3-4-8-10(5-7)17-12(14-15-16-17)9(13-8)6-11(18)20-2/h3-5,9,13H,6H2,1-2H3. The number of anilines is 1. The fourth-order valence-corrected chi connectivity index (χ4v) is 2.16. The minimum absolute atomic E-state index is 0.155. The van der Waals surface area contributed by atoms with Gasteiger partial charge in [0.25, 0.3) is 0 Å². The highest BCUT2D eigenvalue weighted by Crippen LogP contribution is 2.34. The molecule has 3 rings (SSSR count). The van der Waals surface area contributed by atoms with Crippen LogP contribution in [0.15, 0.2) is 18.2 Å². The van der Waals surface area contributed by atoms with Gasteiger partial charge < -0.3 is 14.8 Å². The molecule has 0 radical (unpaired) electrons. The number of hydrogen-bond acceptors (Lipinski definition) is 7. The lowest BCUT2D eigenvalue weighted by Gasteiger charge is -2.25. The van der Waals surface area contributed by atoms with Gasteiger partial charge in [0, 0.05) is 6.07 Å². The van der Waals surface area contributed by atoms with Crippen molar-refractivity contribution in [2.24, 2.45) is 0 Å². The molecule has 2 aromatic rings. The predicted octanol–water partition coefficient (Wildman–Crippen LogP) is 0.701. The van der Waals surface area contributed by atoms with Gasteiger partial charge >= 0.3 is 5.97 Å². The van der Waals surface area contributed by atoms with E-state index in [1.165, 1.54) is 7.11 Å². The Kier molecular flexibility index (Phi) is 2.97. The fraction of sp³-hybridized carbons (Fsp3) is 0.333. The highest BCUT2D eigenvalue weighted by molar-refractivity contribution is 5.73. The second-order valence-electron chi connectivity index (χ2n) is 4.31. The van der Waals surface area contributed by atoms with E-state index in [0.717, 1.165) is 11.4 Å². The summed E-state index contributed by atoms with van der Waals surface area (Å²) in [7, 11) is 2.95. The number of benzene rings is 1. The van der Waals surface area contributed by atoms with Crippen molar-refractivity contribution in [1.82, 2.24) is 20.2 Å². The van der Waals surface area contributed by atoms with E-state index >= 15 is 0 Å². The number of fused-ring (bicyclic) bond motifs is 3. The molecule has 20 heavy (non-hydrogen) atoms. The molecule has 1 aliphatic rings. The molecule has 0 spiro atoms. The Bertz CT molecular complexity index is 654. The van der Waals surface area contributed by atoms with Crippen LogP contribution in [0.3, 0.4) is 0 Å². The quantitative estimate of drug-likeness (QED) is 0.824. The molecule has 2 heterocycles. The molecule has 1 aromatic heterocycles. The number of hydrogen-bond donors (Lipinski definition) is 1. The van der Waals surface area contributed by atoms with Crippen molar-refractivity contribution in [3.05, 3.63) is 24.0 Å². The van der Waals surface area contributed by atoms with Gasteiger partial charge in [0.15, 0.2) is 5.82 Å². The number of aromatic nitrogens is 4. The van der Waals surface area contributed by atoms with Crippen LogP contribution in [0.2, 0.25) is 0 Å². The lowest BCUT2D eigenvalue weighted by atomic mass is 10.1. The van der Waals surface area contributed by atoms with Gasteiger partial charge in [-0.25, -0.2) is 0 Å². The Morgan fingerprint density at radius 3 is 3.05 bits per heavy atom. The SMILES string of the molecule is COC(=O)CC1Nc2ccc(OC)cc2-n2nnnc21. The molecule has 1 aromatic carbocycles. The third kappa shape index (κ3) is 1.94. The van der Waals surface area contributed by atoms with Gasteiger partial charge in [-0.05, 0) is 22.6 Å². The average molecular weight is 275 g/mol. The monoisotopic (exact) mass is 275 g/mol. The molecule has 1 N–H and O–H groups in total. The van der Waals surface area contributed by atoms with Gasteiger partial charge in [-0.3, -0.25) is 4.79 Å². The maximum absolute atomic E-state index is 11.5. The van der Waals surface area contributed by atoms with Gasteiger partial charge in [-0.2, -0.15) is 4.68 Å². The molecular weight excluding hydrogens is 262 g/mol. The normalized spacial score (nSPS) is 15.8. The molecule has 0 saturated carbocycles. The van der Waals surface area contributed by atoms with E-state index < -0.39 is 0 Å². The fourth-order valence-electron chi connectivity index (χ4n) is 2.16. The average Bonchev–Trinajstić information content (AvgIpc) is 2.97.